The van der Waals surface area contributed by atoms with E-state index in [1.165, 1.54) is 10.8 Å². The molecule has 0 aliphatic heterocycles. The monoisotopic (exact) mass is 294 g/mol. The van der Waals surface area contributed by atoms with Gasteiger partial charge >= 0.3 is 5.97 Å². The van der Waals surface area contributed by atoms with Crippen molar-refractivity contribution in [2.75, 3.05) is 0 Å². The van der Waals surface area contributed by atoms with Crippen LogP contribution in [-0.2, 0) is 11.3 Å². The van der Waals surface area contributed by atoms with E-state index in [0.717, 1.165) is 0 Å². The van der Waals surface area contributed by atoms with Gasteiger partial charge in [-0.15, -0.1) is 0 Å². The first-order valence-electron chi connectivity index (χ1n) is 5.29. The second-order valence-corrected chi connectivity index (χ2v) is 4.65. The van der Waals surface area contributed by atoms with Gasteiger partial charge in [-0.3, -0.25) is 4.79 Å². The van der Waals surface area contributed by atoms with Gasteiger partial charge in [0.1, 0.15) is 12.6 Å². The maximum atomic E-state index is 10.7. The largest absolute Gasteiger partial charge is 0.480 e. The molecule has 1 aromatic heterocycles. The van der Waals surface area contributed by atoms with E-state index in [4.69, 9.17) is 33.6 Å². The molecule has 2 aromatic rings. The number of hydrogen-bond donors (Lipinski definition) is 1. The van der Waals surface area contributed by atoms with E-state index in [1.807, 2.05) is 6.07 Å². The van der Waals surface area contributed by atoms with Crippen LogP contribution < -0.4 is 0 Å². The smallest absolute Gasteiger partial charge is 0.323 e. The first-order valence-corrected chi connectivity index (χ1v) is 6.04. The Hall–Kier alpha value is -1.96. The lowest BCUT2D eigenvalue weighted by Gasteiger charge is -2.04. The minimum Gasteiger partial charge on any atom is -0.480 e. The van der Waals surface area contributed by atoms with E-state index in [0.29, 0.717) is 26.7 Å². The van der Waals surface area contributed by atoms with Gasteiger partial charge in [0.25, 0.3) is 0 Å². The third kappa shape index (κ3) is 2.73. The van der Waals surface area contributed by atoms with Crippen LogP contribution in [-0.4, -0.2) is 15.6 Å². The summed E-state index contributed by atoms with van der Waals surface area (Å²) in [4.78, 5) is 10.7. The zero-order valence-corrected chi connectivity index (χ0v) is 11.1. The summed E-state index contributed by atoms with van der Waals surface area (Å²) in [6, 6.07) is 7.12. The summed E-state index contributed by atoms with van der Waals surface area (Å²) in [6.45, 7) is -0.215. The number of benzene rings is 1. The maximum absolute atomic E-state index is 10.7. The number of nitrogens with zero attached hydrogens (tertiary/aromatic N) is 2. The normalized spacial score (nSPS) is 10.2. The zero-order chi connectivity index (χ0) is 14.0. The second-order valence-electron chi connectivity index (χ2n) is 3.86. The molecular weight excluding hydrogens is 287 g/mol. The van der Waals surface area contributed by atoms with E-state index in [-0.39, 0.29) is 6.54 Å². The molecule has 0 atom stereocenters. The van der Waals surface area contributed by atoms with Gasteiger partial charge in [0.05, 0.1) is 15.6 Å². The molecule has 0 spiro atoms. The summed E-state index contributed by atoms with van der Waals surface area (Å²) in [5, 5.41) is 18.6. The Morgan fingerprint density at radius 1 is 1.32 bits per heavy atom. The van der Waals surface area contributed by atoms with E-state index >= 15 is 0 Å². The van der Waals surface area contributed by atoms with Gasteiger partial charge in [-0.05, 0) is 6.07 Å². The minimum absolute atomic E-state index is 0.215. The van der Waals surface area contributed by atoms with E-state index in [1.54, 1.807) is 24.4 Å². The van der Waals surface area contributed by atoms with Crippen molar-refractivity contribution < 1.29 is 9.90 Å². The molecule has 4 nitrogen and oxygen atoms in total. The summed E-state index contributed by atoms with van der Waals surface area (Å²) in [5.41, 5.74) is 1.52. The van der Waals surface area contributed by atoms with Crippen LogP contribution in [0.25, 0.3) is 11.1 Å². The lowest BCUT2D eigenvalue weighted by molar-refractivity contribution is -0.137. The Kier molecular flexibility index (Phi) is 3.79. The van der Waals surface area contributed by atoms with Crippen LogP contribution >= 0.6 is 23.2 Å². The molecule has 6 heteroatoms. The molecule has 0 fully saturated rings. The zero-order valence-electron chi connectivity index (χ0n) is 9.60. The van der Waals surface area contributed by atoms with Crippen molar-refractivity contribution in [2.45, 2.75) is 6.54 Å². The highest BCUT2D eigenvalue weighted by Gasteiger charge is 2.14. The number of carboxylic acids is 1. The van der Waals surface area contributed by atoms with Crippen molar-refractivity contribution in [1.82, 2.24) is 4.57 Å². The molecule has 2 rings (SSSR count). The number of aliphatic carboxylic acids is 1. The topological polar surface area (TPSA) is 66.0 Å². The molecule has 0 aliphatic carbocycles. The molecule has 19 heavy (non-hydrogen) atoms. The SMILES string of the molecule is N#Cc1cn(CC(=O)O)cc1-c1cccc(Cl)c1Cl. The van der Waals surface area contributed by atoms with Gasteiger partial charge in [0.2, 0.25) is 0 Å². The fourth-order valence-electron chi connectivity index (χ4n) is 1.77. The Morgan fingerprint density at radius 3 is 2.68 bits per heavy atom. The predicted molar refractivity (Wildman–Crippen MR) is 72.2 cm³/mol. The first kappa shape index (κ1) is 13.5. The third-order valence-electron chi connectivity index (χ3n) is 2.56. The van der Waals surface area contributed by atoms with Crippen LogP contribution in [0, 0.1) is 11.3 Å². The maximum Gasteiger partial charge on any atom is 0.323 e. The third-order valence-corrected chi connectivity index (χ3v) is 3.38. The summed E-state index contributed by atoms with van der Waals surface area (Å²) >= 11 is 12.0. The fraction of sp³-hybridized carbons (Fsp3) is 0.0769. The van der Waals surface area contributed by atoms with Gasteiger partial charge in [0.15, 0.2) is 0 Å². The average molecular weight is 295 g/mol. The molecular formula is C13H8Cl2N2O2. The number of carbonyl (C=O) groups is 1. The number of carboxylic acid groups (broad SMARTS) is 1. The molecule has 0 bridgehead atoms. The summed E-state index contributed by atoms with van der Waals surface area (Å²) in [5.74, 6) is -0.983. The van der Waals surface area contributed by atoms with Crippen molar-refractivity contribution >= 4 is 29.2 Å². The Morgan fingerprint density at radius 2 is 2.05 bits per heavy atom. The van der Waals surface area contributed by atoms with Gasteiger partial charge in [0, 0.05) is 23.5 Å². The van der Waals surface area contributed by atoms with Crippen molar-refractivity contribution in [3.63, 3.8) is 0 Å². The molecule has 0 aliphatic rings. The Bertz CT molecular complexity index is 686. The quantitative estimate of drug-likeness (QED) is 0.943. The van der Waals surface area contributed by atoms with Gasteiger partial charge in [-0.25, -0.2) is 0 Å². The van der Waals surface area contributed by atoms with Crippen molar-refractivity contribution in [2.24, 2.45) is 0 Å². The standard InChI is InChI=1S/C13H8Cl2N2O2/c14-11-3-1-2-9(13(11)15)10-6-17(7-12(18)19)5-8(10)4-16/h1-3,5-6H,7H2,(H,18,19). The van der Waals surface area contributed by atoms with Crippen molar-refractivity contribution in [1.29, 1.82) is 5.26 Å². The first-order chi connectivity index (χ1) is 9.02. The highest BCUT2D eigenvalue weighted by molar-refractivity contribution is 6.43. The lowest BCUT2D eigenvalue weighted by Crippen LogP contribution is -2.06. The van der Waals surface area contributed by atoms with Crippen LogP contribution in [0.3, 0.4) is 0 Å². The van der Waals surface area contributed by atoms with Crippen LogP contribution in [0.2, 0.25) is 10.0 Å². The van der Waals surface area contributed by atoms with E-state index in [9.17, 15) is 4.79 Å². The van der Waals surface area contributed by atoms with E-state index in [2.05, 4.69) is 0 Å². The summed E-state index contributed by atoms with van der Waals surface area (Å²) < 4.78 is 1.42. The number of hydrogen-bond acceptors (Lipinski definition) is 2. The molecule has 0 saturated heterocycles. The van der Waals surface area contributed by atoms with Crippen LogP contribution in [0.4, 0.5) is 0 Å². The minimum atomic E-state index is -0.983. The number of rotatable bonds is 3. The van der Waals surface area contributed by atoms with Crippen LogP contribution in [0.5, 0.6) is 0 Å². The molecule has 0 amide bonds. The molecule has 96 valence electrons. The number of nitriles is 1. The number of halogens is 2. The van der Waals surface area contributed by atoms with Crippen LogP contribution in [0.1, 0.15) is 5.56 Å². The Balaban J connectivity index is 2.56. The van der Waals surface area contributed by atoms with Gasteiger partial charge in [-0.2, -0.15) is 5.26 Å². The molecule has 0 radical (unpaired) electrons. The molecule has 1 aromatic carbocycles. The summed E-state index contributed by atoms with van der Waals surface area (Å²) in [7, 11) is 0. The molecule has 1 N–H and O–H groups in total. The van der Waals surface area contributed by atoms with Crippen LogP contribution in [0.15, 0.2) is 30.6 Å². The highest BCUT2D eigenvalue weighted by atomic mass is 35.5. The fourth-order valence-corrected chi connectivity index (χ4v) is 2.17. The average Bonchev–Trinajstić information content (AvgIpc) is 2.74. The highest BCUT2D eigenvalue weighted by Crippen LogP contribution is 2.35. The Labute approximate surface area is 119 Å². The van der Waals surface area contributed by atoms with Crippen molar-refractivity contribution in [3.8, 4) is 17.2 Å². The van der Waals surface area contributed by atoms with E-state index < -0.39 is 5.97 Å². The lowest BCUT2D eigenvalue weighted by atomic mass is 10.1. The molecule has 1 heterocycles. The van der Waals surface area contributed by atoms with Crippen molar-refractivity contribution in [3.05, 3.63) is 46.2 Å². The number of aromatic nitrogens is 1. The molecule has 0 unspecified atom stereocenters. The molecule has 0 saturated carbocycles. The predicted octanol–water partition coefficient (Wildman–Crippen LogP) is 3.42. The summed E-state index contributed by atoms with van der Waals surface area (Å²) in [6.07, 6.45) is 3.05. The van der Waals surface area contributed by atoms with Gasteiger partial charge < -0.3 is 9.67 Å². The van der Waals surface area contributed by atoms with Gasteiger partial charge in [-0.1, -0.05) is 35.3 Å². The second kappa shape index (κ2) is 5.35.